The zero-order valence-corrected chi connectivity index (χ0v) is 8.44. The van der Waals surface area contributed by atoms with Crippen LogP contribution in [0.4, 0.5) is 0 Å². The molecular weight excluding hydrogens is 162 g/mol. The maximum atomic E-state index is 10.8. The van der Waals surface area contributed by atoms with E-state index in [4.69, 9.17) is 0 Å². The van der Waals surface area contributed by atoms with Crippen LogP contribution in [-0.2, 0) is 4.79 Å². The Balaban J connectivity index is 1.76. The predicted molar refractivity (Wildman–Crippen MR) is 52.6 cm³/mol. The fourth-order valence-electron chi connectivity index (χ4n) is 2.73. The molecule has 1 saturated heterocycles. The number of ketones is 1. The van der Waals surface area contributed by atoms with Crippen molar-refractivity contribution in [3.63, 3.8) is 0 Å². The summed E-state index contributed by atoms with van der Waals surface area (Å²) in [4.78, 5) is 10.8. The van der Waals surface area contributed by atoms with Crippen LogP contribution in [0.25, 0.3) is 0 Å². The highest BCUT2D eigenvalue weighted by atomic mass is 16.1. The first kappa shape index (κ1) is 9.20. The first-order chi connectivity index (χ1) is 6.23. The van der Waals surface area contributed by atoms with Crippen LogP contribution in [0.1, 0.15) is 39.0 Å². The average Bonchev–Trinajstić information content (AvgIpc) is 2.77. The van der Waals surface area contributed by atoms with Crippen molar-refractivity contribution in [2.24, 2.45) is 11.3 Å². The molecular formula is C11H19NO. The molecule has 2 fully saturated rings. The predicted octanol–water partition coefficient (Wildman–Crippen LogP) is 1.75. The molecule has 1 aliphatic carbocycles. The average molecular weight is 181 g/mol. The number of rotatable bonds is 3. The summed E-state index contributed by atoms with van der Waals surface area (Å²) in [6, 6.07) is 0. The van der Waals surface area contributed by atoms with Crippen molar-refractivity contribution < 1.29 is 4.79 Å². The summed E-state index contributed by atoms with van der Waals surface area (Å²) in [5.74, 6) is 1.20. The van der Waals surface area contributed by atoms with E-state index >= 15 is 0 Å². The number of hydrogen-bond acceptors (Lipinski definition) is 2. The quantitative estimate of drug-likeness (QED) is 0.718. The van der Waals surface area contributed by atoms with Gasteiger partial charge in [-0.3, -0.25) is 0 Å². The van der Waals surface area contributed by atoms with Gasteiger partial charge in [-0.15, -0.1) is 0 Å². The number of nitrogens with one attached hydrogen (secondary N) is 1. The molecule has 74 valence electrons. The standard InChI is InChI=1S/C11H19NO/c1-9(13)3-4-10-7-11(10)5-2-6-12-8-11/h10,12H,2-8H2,1H3. The highest BCUT2D eigenvalue weighted by Gasteiger charge is 2.53. The molecule has 2 aliphatic rings. The normalized spacial score (nSPS) is 37.8. The number of carbonyl (C=O) groups is 1. The lowest BCUT2D eigenvalue weighted by molar-refractivity contribution is -0.117. The highest BCUT2D eigenvalue weighted by Crippen LogP contribution is 2.58. The van der Waals surface area contributed by atoms with E-state index in [1.165, 1.54) is 32.4 Å². The van der Waals surface area contributed by atoms with Crippen molar-refractivity contribution in [1.29, 1.82) is 0 Å². The van der Waals surface area contributed by atoms with Crippen molar-refractivity contribution >= 4 is 5.78 Å². The van der Waals surface area contributed by atoms with E-state index < -0.39 is 0 Å². The van der Waals surface area contributed by atoms with Gasteiger partial charge >= 0.3 is 0 Å². The molecule has 1 aliphatic heterocycles. The van der Waals surface area contributed by atoms with Crippen LogP contribution in [0.3, 0.4) is 0 Å². The van der Waals surface area contributed by atoms with Gasteiger partial charge in [0.25, 0.3) is 0 Å². The van der Waals surface area contributed by atoms with Gasteiger partial charge in [-0.1, -0.05) is 0 Å². The van der Waals surface area contributed by atoms with Gasteiger partial charge in [0.05, 0.1) is 0 Å². The minimum atomic E-state index is 0.353. The Hall–Kier alpha value is -0.370. The molecule has 1 heterocycles. The van der Waals surface area contributed by atoms with Crippen LogP contribution in [0.2, 0.25) is 0 Å². The zero-order chi connectivity index (χ0) is 9.31. The summed E-state index contributed by atoms with van der Waals surface area (Å²) in [5, 5.41) is 3.47. The zero-order valence-electron chi connectivity index (χ0n) is 8.44. The largest absolute Gasteiger partial charge is 0.316 e. The van der Waals surface area contributed by atoms with Gasteiger partial charge < -0.3 is 10.1 Å². The van der Waals surface area contributed by atoms with Crippen molar-refractivity contribution in [3.8, 4) is 0 Å². The monoisotopic (exact) mass is 181 g/mol. The van der Waals surface area contributed by atoms with Gasteiger partial charge in [-0.05, 0) is 50.5 Å². The fourth-order valence-corrected chi connectivity index (χ4v) is 2.73. The van der Waals surface area contributed by atoms with Gasteiger partial charge in [0.2, 0.25) is 0 Å². The molecule has 1 spiro atoms. The maximum Gasteiger partial charge on any atom is 0.129 e. The Morgan fingerprint density at radius 2 is 2.46 bits per heavy atom. The Kier molecular flexibility index (Phi) is 2.41. The summed E-state index contributed by atoms with van der Waals surface area (Å²) in [6.45, 7) is 4.10. The molecule has 2 unspecified atom stereocenters. The number of Topliss-reactive ketones (excluding diaryl/α,β-unsaturated/α-hetero) is 1. The van der Waals surface area contributed by atoms with Crippen molar-refractivity contribution in [2.45, 2.75) is 39.0 Å². The molecule has 2 heteroatoms. The van der Waals surface area contributed by atoms with Crippen LogP contribution in [-0.4, -0.2) is 18.9 Å². The van der Waals surface area contributed by atoms with Crippen LogP contribution in [0, 0.1) is 11.3 Å². The van der Waals surface area contributed by atoms with Crippen molar-refractivity contribution in [1.82, 2.24) is 5.32 Å². The summed E-state index contributed by atoms with van der Waals surface area (Å²) in [5.41, 5.74) is 0.619. The minimum absolute atomic E-state index is 0.353. The fraction of sp³-hybridized carbons (Fsp3) is 0.909. The SMILES string of the molecule is CC(=O)CCC1CC12CCCNC2. The molecule has 13 heavy (non-hydrogen) atoms. The lowest BCUT2D eigenvalue weighted by atomic mass is 9.92. The van der Waals surface area contributed by atoms with Crippen LogP contribution in [0.5, 0.6) is 0 Å². The Bertz CT molecular complexity index is 206. The van der Waals surface area contributed by atoms with Gasteiger partial charge in [0, 0.05) is 13.0 Å². The second kappa shape index (κ2) is 3.41. The van der Waals surface area contributed by atoms with Crippen molar-refractivity contribution in [2.75, 3.05) is 13.1 Å². The van der Waals surface area contributed by atoms with E-state index in [1.807, 2.05) is 0 Å². The summed E-state index contributed by atoms with van der Waals surface area (Å²) in [7, 11) is 0. The van der Waals surface area contributed by atoms with E-state index in [9.17, 15) is 4.79 Å². The summed E-state index contributed by atoms with van der Waals surface area (Å²) < 4.78 is 0. The molecule has 1 saturated carbocycles. The Labute approximate surface area is 80.1 Å². The van der Waals surface area contributed by atoms with Gasteiger partial charge in [0.1, 0.15) is 5.78 Å². The highest BCUT2D eigenvalue weighted by molar-refractivity contribution is 5.75. The van der Waals surface area contributed by atoms with Crippen LogP contribution < -0.4 is 5.32 Å². The third-order valence-corrected chi connectivity index (χ3v) is 3.71. The van der Waals surface area contributed by atoms with Crippen molar-refractivity contribution in [3.05, 3.63) is 0 Å². The van der Waals surface area contributed by atoms with Gasteiger partial charge in [-0.25, -0.2) is 0 Å². The van der Waals surface area contributed by atoms with E-state index in [0.29, 0.717) is 11.2 Å². The minimum Gasteiger partial charge on any atom is -0.316 e. The van der Waals surface area contributed by atoms with Gasteiger partial charge in [0.15, 0.2) is 0 Å². The van der Waals surface area contributed by atoms with Crippen LogP contribution >= 0.6 is 0 Å². The molecule has 2 nitrogen and oxygen atoms in total. The molecule has 0 amide bonds. The molecule has 2 rings (SSSR count). The molecule has 0 radical (unpaired) electrons. The molecule has 0 aromatic rings. The lowest BCUT2D eigenvalue weighted by Crippen LogP contribution is -2.32. The maximum absolute atomic E-state index is 10.8. The van der Waals surface area contributed by atoms with E-state index in [1.54, 1.807) is 6.92 Å². The number of piperidine rings is 1. The van der Waals surface area contributed by atoms with E-state index in [-0.39, 0.29) is 0 Å². The molecule has 0 bridgehead atoms. The van der Waals surface area contributed by atoms with E-state index in [0.717, 1.165) is 18.8 Å². The summed E-state index contributed by atoms with van der Waals surface area (Å²) in [6.07, 6.45) is 6.02. The molecule has 1 N–H and O–H groups in total. The summed E-state index contributed by atoms with van der Waals surface area (Å²) >= 11 is 0. The molecule has 0 aromatic heterocycles. The first-order valence-electron chi connectivity index (χ1n) is 5.43. The number of hydrogen-bond donors (Lipinski definition) is 1. The third kappa shape index (κ3) is 1.93. The second-order valence-corrected chi connectivity index (χ2v) is 4.78. The Morgan fingerprint density at radius 1 is 1.62 bits per heavy atom. The smallest absolute Gasteiger partial charge is 0.129 e. The second-order valence-electron chi connectivity index (χ2n) is 4.78. The molecule has 0 aromatic carbocycles. The number of carbonyl (C=O) groups excluding carboxylic acids is 1. The van der Waals surface area contributed by atoms with E-state index in [2.05, 4.69) is 5.32 Å². The Morgan fingerprint density at radius 3 is 3.08 bits per heavy atom. The first-order valence-corrected chi connectivity index (χ1v) is 5.43. The topological polar surface area (TPSA) is 29.1 Å². The molecule has 2 atom stereocenters. The lowest BCUT2D eigenvalue weighted by Gasteiger charge is -2.23. The third-order valence-electron chi connectivity index (χ3n) is 3.71. The van der Waals surface area contributed by atoms with Crippen LogP contribution in [0.15, 0.2) is 0 Å². The van der Waals surface area contributed by atoms with Gasteiger partial charge in [-0.2, -0.15) is 0 Å².